The first kappa shape index (κ1) is 18.0. The first-order valence-corrected chi connectivity index (χ1v) is 9.97. The van der Waals surface area contributed by atoms with Crippen LogP contribution in [0.15, 0.2) is 62.9 Å². The predicted octanol–water partition coefficient (Wildman–Crippen LogP) is 4.44. The smallest absolute Gasteiger partial charge is 0.231 e. The number of thioether (sulfide) groups is 1. The monoisotopic (exact) mass is 437 g/mol. The Kier molecular flexibility index (Phi) is 6.17. The molecule has 0 spiro atoms. The van der Waals surface area contributed by atoms with Crippen LogP contribution in [-0.4, -0.2) is 21.9 Å². The van der Waals surface area contributed by atoms with Gasteiger partial charge in [0.2, 0.25) is 5.91 Å². The van der Waals surface area contributed by atoms with Crippen LogP contribution < -0.4 is 5.32 Å². The number of amides is 1. The van der Waals surface area contributed by atoms with Gasteiger partial charge in [0.1, 0.15) is 11.3 Å². The van der Waals surface area contributed by atoms with Gasteiger partial charge in [-0.25, -0.2) is 4.39 Å². The fourth-order valence-electron chi connectivity index (χ4n) is 2.28. The van der Waals surface area contributed by atoms with Crippen molar-refractivity contribution in [1.82, 2.24) is 15.5 Å². The molecule has 1 unspecified atom stereocenters. The van der Waals surface area contributed by atoms with Gasteiger partial charge in [-0.3, -0.25) is 4.79 Å². The molecule has 2 aromatic carbocycles. The zero-order valence-electron chi connectivity index (χ0n) is 12.9. The van der Waals surface area contributed by atoms with Crippen molar-refractivity contribution in [3.63, 3.8) is 0 Å². The van der Waals surface area contributed by atoms with Gasteiger partial charge in [0.25, 0.3) is 0 Å². The standard InChI is InChI=1S/C17H13BrFN3OS2/c18-12-6-7-13(14(19)8-12)16(11-4-2-1-3-5-11)21-15(23)9-24-17-22-20-10-25-17/h1-8,10,16H,9H2,(H,21,23). The molecule has 0 aliphatic rings. The third-order valence-electron chi connectivity index (χ3n) is 3.38. The van der Waals surface area contributed by atoms with Crippen molar-refractivity contribution in [2.45, 2.75) is 10.4 Å². The zero-order valence-corrected chi connectivity index (χ0v) is 16.1. The highest BCUT2D eigenvalue weighted by Gasteiger charge is 2.20. The number of carbonyl (C=O) groups is 1. The van der Waals surface area contributed by atoms with Gasteiger partial charge in [0.15, 0.2) is 4.34 Å². The third kappa shape index (κ3) is 4.87. The van der Waals surface area contributed by atoms with Crippen LogP contribution in [0.3, 0.4) is 0 Å². The van der Waals surface area contributed by atoms with Gasteiger partial charge in [0, 0.05) is 10.0 Å². The minimum atomic E-state index is -0.559. The number of nitrogens with one attached hydrogen (secondary N) is 1. The highest BCUT2D eigenvalue weighted by atomic mass is 79.9. The lowest BCUT2D eigenvalue weighted by Gasteiger charge is -2.20. The Labute approximate surface area is 161 Å². The van der Waals surface area contributed by atoms with Crippen LogP contribution in [0.25, 0.3) is 0 Å². The molecule has 128 valence electrons. The molecule has 0 aliphatic carbocycles. The summed E-state index contributed by atoms with van der Waals surface area (Å²) in [4.78, 5) is 12.4. The number of carbonyl (C=O) groups excluding carboxylic acids is 1. The number of hydrogen-bond acceptors (Lipinski definition) is 5. The maximum atomic E-state index is 14.4. The lowest BCUT2D eigenvalue weighted by Crippen LogP contribution is -2.31. The van der Waals surface area contributed by atoms with Crippen molar-refractivity contribution < 1.29 is 9.18 Å². The Bertz CT molecular complexity index is 846. The Morgan fingerprint density at radius 3 is 2.76 bits per heavy atom. The molecule has 1 N–H and O–H groups in total. The molecule has 0 saturated carbocycles. The van der Waals surface area contributed by atoms with Gasteiger partial charge in [-0.15, -0.1) is 10.2 Å². The predicted molar refractivity (Wildman–Crippen MR) is 101 cm³/mol. The molecule has 1 heterocycles. The van der Waals surface area contributed by atoms with Crippen LogP contribution in [0.5, 0.6) is 0 Å². The van der Waals surface area contributed by atoms with E-state index >= 15 is 0 Å². The molecule has 0 radical (unpaired) electrons. The average Bonchev–Trinajstić information content (AvgIpc) is 3.13. The highest BCUT2D eigenvalue weighted by Crippen LogP contribution is 2.27. The second-order valence-electron chi connectivity index (χ2n) is 5.07. The van der Waals surface area contributed by atoms with Crippen molar-refractivity contribution in [2.24, 2.45) is 0 Å². The molecule has 0 bridgehead atoms. The average molecular weight is 438 g/mol. The van der Waals surface area contributed by atoms with E-state index in [0.717, 1.165) is 9.90 Å². The Morgan fingerprint density at radius 2 is 2.08 bits per heavy atom. The maximum Gasteiger partial charge on any atom is 0.231 e. The van der Waals surface area contributed by atoms with Gasteiger partial charge >= 0.3 is 0 Å². The number of halogens is 2. The number of aromatic nitrogens is 2. The number of hydrogen-bond donors (Lipinski definition) is 1. The fourth-order valence-corrected chi connectivity index (χ4v) is 3.91. The maximum absolute atomic E-state index is 14.4. The summed E-state index contributed by atoms with van der Waals surface area (Å²) in [6, 6.07) is 13.6. The number of rotatable bonds is 6. The highest BCUT2D eigenvalue weighted by molar-refractivity contribution is 9.10. The lowest BCUT2D eigenvalue weighted by molar-refractivity contribution is -0.119. The van der Waals surface area contributed by atoms with E-state index in [0.29, 0.717) is 10.0 Å². The van der Waals surface area contributed by atoms with Crippen LogP contribution in [-0.2, 0) is 4.79 Å². The molecule has 0 fully saturated rings. The molecule has 1 amide bonds. The molecule has 8 heteroatoms. The molecule has 4 nitrogen and oxygen atoms in total. The normalized spacial score (nSPS) is 11.9. The minimum absolute atomic E-state index is 0.191. The summed E-state index contributed by atoms with van der Waals surface area (Å²) in [5.74, 6) is -0.381. The Balaban J connectivity index is 1.80. The molecular formula is C17H13BrFN3OS2. The van der Waals surface area contributed by atoms with E-state index in [1.54, 1.807) is 17.6 Å². The molecule has 3 aromatic rings. The van der Waals surface area contributed by atoms with E-state index < -0.39 is 6.04 Å². The lowest BCUT2D eigenvalue weighted by atomic mass is 9.98. The van der Waals surface area contributed by atoms with Gasteiger partial charge in [-0.1, -0.05) is 75.4 Å². The summed E-state index contributed by atoms with van der Waals surface area (Å²) in [7, 11) is 0. The van der Waals surface area contributed by atoms with Crippen molar-refractivity contribution in [3.8, 4) is 0 Å². The van der Waals surface area contributed by atoms with Crippen LogP contribution >= 0.6 is 39.0 Å². The van der Waals surface area contributed by atoms with Gasteiger partial charge in [-0.2, -0.15) is 0 Å². The summed E-state index contributed by atoms with van der Waals surface area (Å²) < 4.78 is 15.8. The zero-order chi connectivity index (χ0) is 17.6. The van der Waals surface area contributed by atoms with Crippen molar-refractivity contribution >= 4 is 44.9 Å². The van der Waals surface area contributed by atoms with Gasteiger partial charge in [-0.05, 0) is 17.7 Å². The van der Waals surface area contributed by atoms with E-state index in [1.165, 1.54) is 29.2 Å². The molecule has 25 heavy (non-hydrogen) atoms. The quantitative estimate of drug-likeness (QED) is 0.579. The second kappa shape index (κ2) is 8.55. The molecule has 0 saturated heterocycles. The molecule has 1 atom stereocenters. The molecular weight excluding hydrogens is 425 g/mol. The topological polar surface area (TPSA) is 54.9 Å². The summed E-state index contributed by atoms with van der Waals surface area (Å²) >= 11 is 5.94. The Hall–Kier alpha value is -1.77. The van der Waals surface area contributed by atoms with Crippen molar-refractivity contribution in [1.29, 1.82) is 0 Å². The van der Waals surface area contributed by atoms with Gasteiger partial charge < -0.3 is 5.32 Å². The minimum Gasteiger partial charge on any atom is -0.344 e. The van der Waals surface area contributed by atoms with Crippen LogP contribution in [0.2, 0.25) is 0 Å². The van der Waals surface area contributed by atoms with E-state index in [-0.39, 0.29) is 17.5 Å². The summed E-state index contributed by atoms with van der Waals surface area (Å²) in [5, 5.41) is 10.5. The second-order valence-corrected chi connectivity index (χ2v) is 8.04. The van der Waals surface area contributed by atoms with Crippen LogP contribution in [0.4, 0.5) is 4.39 Å². The summed E-state index contributed by atoms with van der Waals surface area (Å²) in [5.41, 5.74) is 2.85. The number of benzene rings is 2. The van der Waals surface area contributed by atoms with Crippen molar-refractivity contribution in [3.05, 3.63) is 75.5 Å². The summed E-state index contributed by atoms with van der Waals surface area (Å²) in [6.07, 6.45) is 0. The summed E-state index contributed by atoms with van der Waals surface area (Å²) in [6.45, 7) is 0. The first-order valence-electron chi connectivity index (χ1n) is 7.31. The molecule has 1 aromatic heterocycles. The Morgan fingerprint density at radius 1 is 1.28 bits per heavy atom. The first-order chi connectivity index (χ1) is 12.1. The van der Waals surface area contributed by atoms with Crippen LogP contribution in [0, 0.1) is 5.82 Å². The van der Waals surface area contributed by atoms with Crippen molar-refractivity contribution in [2.75, 3.05) is 5.75 Å². The van der Waals surface area contributed by atoms with Gasteiger partial charge in [0.05, 0.1) is 11.8 Å². The largest absolute Gasteiger partial charge is 0.344 e. The molecule has 3 rings (SSSR count). The van der Waals surface area contributed by atoms with Crippen LogP contribution in [0.1, 0.15) is 17.2 Å². The molecule has 0 aliphatic heterocycles. The van der Waals surface area contributed by atoms with E-state index in [9.17, 15) is 9.18 Å². The SMILES string of the molecule is O=C(CSc1nncs1)NC(c1ccccc1)c1ccc(Br)cc1F. The fraction of sp³-hybridized carbons (Fsp3) is 0.118. The third-order valence-corrected chi connectivity index (χ3v) is 5.73. The van der Waals surface area contributed by atoms with E-state index in [1.807, 2.05) is 30.3 Å². The van der Waals surface area contributed by atoms with E-state index in [4.69, 9.17) is 0 Å². The number of nitrogens with zero attached hydrogens (tertiary/aromatic N) is 2. The van der Waals surface area contributed by atoms with E-state index in [2.05, 4.69) is 31.4 Å².